The van der Waals surface area contributed by atoms with E-state index < -0.39 is 10.0 Å². The highest BCUT2D eigenvalue weighted by Gasteiger charge is 2.32. The second kappa shape index (κ2) is 6.37. The summed E-state index contributed by atoms with van der Waals surface area (Å²) in [6.45, 7) is 0. The third kappa shape index (κ3) is 2.76. The lowest BCUT2D eigenvalue weighted by Gasteiger charge is -2.41. The fourth-order valence-corrected chi connectivity index (χ4v) is 4.86. The Labute approximate surface area is 157 Å². The standard InChI is InChI=1S/C19H19N5O2S/c1-23(15-9-14(21)10-15)18-13(11-20)12-22-19-17(18)7-8-24(19)27(25,26)16-5-3-2-4-6-16/h2-8,12,14-15H,9-10,21H2,1H3/t14-,15+. The zero-order chi connectivity index (χ0) is 19.2. The molecule has 1 aliphatic carbocycles. The molecule has 1 saturated carbocycles. The van der Waals surface area contributed by atoms with E-state index in [2.05, 4.69) is 11.1 Å². The zero-order valence-corrected chi connectivity index (χ0v) is 15.6. The van der Waals surface area contributed by atoms with Crippen molar-refractivity contribution >= 4 is 26.7 Å². The van der Waals surface area contributed by atoms with Crippen LogP contribution in [0.3, 0.4) is 0 Å². The highest BCUT2D eigenvalue weighted by Crippen LogP contribution is 2.35. The minimum atomic E-state index is -3.77. The molecule has 0 radical (unpaired) electrons. The molecular formula is C19H19N5O2S. The molecular weight excluding hydrogens is 362 g/mol. The summed E-state index contributed by atoms with van der Waals surface area (Å²) in [6, 6.07) is 12.5. The maximum absolute atomic E-state index is 13.0. The van der Waals surface area contributed by atoms with Gasteiger partial charge in [-0.1, -0.05) is 18.2 Å². The van der Waals surface area contributed by atoms with E-state index >= 15 is 0 Å². The number of fused-ring (bicyclic) bond motifs is 1. The molecule has 2 aromatic heterocycles. The van der Waals surface area contributed by atoms with Crippen molar-refractivity contribution in [1.29, 1.82) is 5.26 Å². The summed E-state index contributed by atoms with van der Waals surface area (Å²) >= 11 is 0. The normalized spacial score (nSPS) is 19.4. The first kappa shape index (κ1) is 17.5. The average Bonchev–Trinajstić information content (AvgIpc) is 3.09. The van der Waals surface area contributed by atoms with Crippen LogP contribution >= 0.6 is 0 Å². The molecule has 4 rings (SSSR count). The molecule has 0 aliphatic heterocycles. The van der Waals surface area contributed by atoms with Gasteiger partial charge < -0.3 is 10.6 Å². The number of nitrogens with zero attached hydrogens (tertiary/aromatic N) is 4. The predicted octanol–water partition coefficient (Wildman–Crippen LogP) is 2.07. The summed E-state index contributed by atoms with van der Waals surface area (Å²) in [5, 5.41) is 10.2. The van der Waals surface area contributed by atoms with Gasteiger partial charge in [0, 0.05) is 36.9 Å². The van der Waals surface area contributed by atoms with Crippen molar-refractivity contribution in [2.24, 2.45) is 5.73 Å². The van der Waals surface area contributed by atoms with Crippen LogP contribution in [0.5, 0.6) is 0 Å². The van der Waals surface area contributed by atoms with Gasteiger partial charge in [-0.05, 0) is 31.0 Å². The summed E-state index contributed by atoms with van der Waals surface area (Å²) < 4.78 is 27.2. The molecule has 2 N–H and O–H groups in total. The number of hydrogen-bond donors (Lipinski definition) is 1. The molecule has 1 aromatic carbocycles. The number of nitriles is 1. The Morgan fingerprint density at radius 2 is 1.96 bits per heavy atom. The van der Waals surface area contributed by atoms with E-state index in [1.807, 2.05) is 11.9 Å². The number of anilines is 1. The van der Waals surface area contributed by atoms with Crippen LogP contribution in [0.1, 0.15) is 18.4 Å². The van der Waals surface area contributed by atoms with Crippen LogP contribution in [0, 0.1) is 11.3 Å². The Balaban J connectivity index is 1.88. The second-order valence-corrected chi connectivity index (χ2v) is 8.61. The maximum Gasteiger partial charge on any atom is 0.269 e. The maximum atomic E-state index is 13.0. The predicted molar refractivity (Wildman–Crippen MR) is 103 cm³/mol. The first-order chi connectivity index (χ1) is 12.9. The molecule has 8 heteroatoms. The lowest BCUT2D eigenvalue weighted by Crippen LogP contribution is -2.49. The number of pyridine rings is 1. The largest absolute Gasteiger partial charge is 0.370 e. The molecule has 1 fully saturated rings. The van der Waals surface area contributed by atoms with Gasteiger partial charge in [-0.25, -0.2) is 17.4 Å². The van der Waals surface area contributed by atoms with Crippen LogP contribution in [0.4, 0.5) is 5.69 Å². The smallest absolute Gasteiger partial charge is 0.269 e. The molecule has 0 spiro atoms. The summed E-state index contributed by atoms with van der Waals surface area (Å²) in [7, 11) is -1.86. The molecule has 0 amide bonds. The SMILES string of the molecule is CN(c1c(C#N)cnc2c1ccn2S(=O)(=O)c1ccccc1)[C@H]1C[C@@H](N)C1. The fourth-order valence-electron chi connectivity index (χ4n) is 3.54. The number of aromatic nitrogens is 2. The molecule has 7 nitrogen and oxygen atoms in total. The van der Waals surface area contributed by atoms with Gasteiger partial charge in [0.2, 0.25) is 0 Å². The number of nitrogens with two attached hydrogens (primary N) is 1. The molecule has 27 heavy (non-hydrogen) atoms. The van der Waals surface area contributed by atoms with E-state index in [9.17, 15) is 13.7 Å². The molecule has 2 heterocycles. The number of rotatable bonds is 4. The third-order valence-corrected chi connectivity index (χ3v) is 6.80. The molecule has 0 saturated heterocycles. The molecule has 1 aliphatic rings. The Hall–Kier alpha value is -2.89. The van der Waals surface area contributed by atoms with Crippen LogP contribution in [0.15, 0.2) is 53.7 Å². The van der Waals surface area contributed by atoms with Crippen LogP contribution in [-0.4, -0.2) is 36.5 Å². The monoisotopic (exact) mass is 381 g/mol. The van der Waals surface area contributed by atoms with E-state index in [0.717, 1.165) is 12.8 Å². The van der Waals surface area contributed by atoms with Crippen molar-refractivity contribution in [2.75, 3.05) is 11.9 Å². The van der Waals surface area contributed by atoms with E-state index in [-0.39, 0.29) is 17.0 Å². The van der Waals surface area contributed by atoms with Gasteiger partial charge in [0.25, 0.3) is 10.0 Å². The van der Waals surface area contributed by atoms with Gasteiger partial charge in [0.05, 0.1) is 16.1 Å². The van der Waals surface area contributed by atoms with Crippen molar-refractivity contribution in [3.05, 3.63) is 54.4 Å². The second-order valence-electron chi connectivity index (χ2n) is 6.80. The zero-order valence-electron chi connectivity index (χ0n) is 14.8. The first-order valence-electron chi connectivity index (χ1n) is 8.62. The highest BCUT2D eigenvalue weighted by atomic mass is 32.2. The summed E-state index contributed by atoms with van der Waals surface area (Å²) in [6.07, 6.45) is 4.61. The van der Waals surface area contributed by atoms with Crippen molar-refractivity contribution in [3.63, 3.8) is 0 Å². The minimum Gasteiger partial charge on any atom is -0.370 e. The quantitative estimate of drug-likeness (QED) is 0.742. The summed E-state index contributed by atoms with van der Waals surface area (Å²) in [4.78, 5) is 6.48. The Morgan fingerprint density at radius 3 is 2.59 bits per heavy atom. The number of benzene rings is 1. The molecule has 0 unspecified atom stereocenters. The third-order valence-electron chi connectivity index (χ3n) is 5.12. The molecule has 138 valence electrons. The van der Waals surface area contributed by atoms with Gasteiger partial charge in [-0.2, -0.15) is 5.26 Å². The molecule has 0 bridgehead atoms. The summed E-state index contributed by atoms with van der Waals surface area (Å²) in [5.41, 5.74) is 7.33. The van der Waals surface area contributed by atoms with Crippen molar-refractivity contribution < 1.29 is 8.42 Å². The summed E-state index contributed by atoms with van der Waals surface area (Å²) in [5.74, 6) is 0. The van der Waals surface area contributed by atoms with Gasteiger partial charge in [0.1, 0.15) is 6.07 Å². The lowest BCUT2D eigenvalue weighted by molar-refractivity contribution is 0.340. The van der Waals surface area contributed by atoms with E-state index in [1.54, 1.807) is 36.4 Å². The highest BCUT2D eigenvalue weighted by molar-refractivity contribution is 7.90. The van der Waals surface area contributed by atoms with Crippen molar-refractivity contribution in [3.8, 4) is 6.07 Å². The molecule has 0 atom stereocenters. The molecule has 3 aromatic rings. The van der Waals surface area contributed by atoms with Crippen molar-refractivity contribution in [1.82, 2.24) is 8.96 Å². The van der Waals surface area contributed by atoms with Crippen LogP contribution in [0.25, 0.3) is 11.0 Å². The van der Waals surface area contributed by atoms with E-state index in [1.165, 1.54) is 16.4 Å². The minimum absolute atomic E-state index is 0.170. The van der Waals surface area contributed by atoms with Crippen molar-refractivity contribution in [2.45, 2.75) is 29.8 Å². The van der Waals surface area contributed by atoms with Gasteiger partial charge in [0.15, 0.2) is 5.65 Å². The number of hydrogen-bond acceptors (Lipinski definition) is 6. The van der Waals surface area contributed by atoms with Gasteiger partial charge in [-0.3, -0.25) is 0 Å². The van der Waals surface area contributed by atoms with Gasteiger partial charge >= 0.3 is 0 Å². The van der Waals surface area contributed by atoms with Crippen LogP contribution in [0.2, 0.25) is 0 Å². The van der Waals surface area contributed by atoms with Crippen LogP contribution < -0.4 is 10.6 Å². The Morgan fingerprint density at radius 1 is 1.26 bits per heavy atom. The average molecular weight is 381 g/mol. The van der Waals surface area contributed by atoms with E-state index in [0.29, 0.717) is 22.3 Å². The Bertz CT molecular complexity index is 1140. The first-order valence-corrected chi connectivity index (χ1v) is 10.1. The lowest BCUT2D eigenvalue weighted by atomic mass is 9.86. The van der Waals surface area contributed by atoms with Gasteiger partial charge in [-0.15, -0.1) is 0 Å². The van der Waals surface area contributed by atoms with Crippen LogP contribution in [-0.2, 0) is 10.0 Å². The Kier molecular flexibility index (Phi) is 4.13. The topological polar surface area (TPSA) is 105 Å². The van der Waals surface area contributed by atoms with E-state index in [4.69, 9.17) is 5.73 Å². The fraction of sp³-hybridized carbons (Fsp3) is 0.263.